The van der Waals surface area contributed by atoms with E-state index in [2.05, 4.69) is 5.32 Å². The minimum atomic E-state index is -0.106. The molecule has 1 aliphatic heterocycles. The van der Waals surface area contributed by atoms with Gasteiger partial charge < -0.3 is 10.1 Å². The van der Waals surface area contributed by atoms with Crippen LogP contribution in [0.1, 0.15) is 30.2 Å². The molecule has 0 bridgehead atoms. The second-order valence-electron chi connectivity index (χ2n) is 6.84. The Morgan fingerprint density at radius 3 is 2.56 bits per heavy atom. The lowest BCUT2D eigenvalue weighted by atomic mass is 9.85. The zero-order valence-electron chi connectivity index (χ0n) is 15.2. The number of para-hydroxylation sites is 2. The Balaban J connectivity index is 1.54. The number of hydrogen-bond donors (Lipinski definition) is 1. The fourth-order valence-electron chi connectivity index (χ4n) is 3.41. The quantitative estimate of drug-likeness (QED) is 0.841. The number of ether oxygens (including phenoxy) is 1. The molecule has 2 fully saturated rings. The zero-order chi connectivity index (χ0) is 18.8. The molecule has 140 valence electrons. The van der Waals surface area contributed by atoms with Gasteiger partial charge in [0.1, 0.15) is 11.1 Å². The molecule has 27 heavy (non-hydrogen) atoms. The van der Waals surface area contributed by atoms with Crippen LogP contribution in [-0.2, 0) is 9.59 Å². The van der Waals surface area contributed by atoms with Crippen LogP contribution in [0, 0.1) is 5.92 Å². The summed E-state index contributed by atoms with van der Waals surface area (Å²) in [5.41, 5.74) is 2.61. The number of carbonyl (C=O) groups excluding carboxylic acids is 2. The highest BCUT2D eigenvalue weighted by Crippen LogP contribution is 2.44. The van der Waals surface area contributed by atoms with Gasteiger partial charge in [0.15, 0.2) is 0 Å². The first-order valence-corrected chi connectivity index (χ1v) is 10.2. The minimum absolute atomic E-state index is 0.0665. The van der Waals surface area contributed by atoms with E-state index >= 15 is 0 Å². The lowest BCUT2D eigenvalue weighted by Gasteiger charge is -2.26. The molecule has 1 saturated heterocycles. The van der Waals surface area contributed by atoms with E-state index in [1.807, 2.05) is 48.5 Å². The number of nitrogens with one attached hydrogen (secondary N) is 1. The number of amides is 2. The van der Waals surface area contributed by atoms with Crippen LogP contribution in [0.5, 0.6) is 5.75 Å². The molecule has 0 aromatic heterocycles. The van der Waals surface area contributed by atoms with Crippen LogP contribution in [0.3, 0.4) is 0 Å². The van der Waals surface area contributed by atoms with Crippen molar-refractivity contribution in [2.75, 3.05) is 23.1 Å². The molecule has 1 N–H and O–H groups in total. The van der Waals surface area contributed by atoms with E-state index in [-0.39, 0.29) is 23.1 Å². The average molecular weight is 382 g/mol. The van der Waals surface area contributed by atoms with E-state index in [4.69, 9.17) is 4.74 Å². The van der Waals surface area contributed by atoms with Gasteiger partial charge >= 0.3 is 0 Å². The van der Waals surface area contributed by atoms with E-state index < -0.39 is 0 Å². The van der Waals surface area contributed by atoms with E-state index in [9.17, 15) is 9.59 Å². The molecule has 2 aliphatic rings. The van der Waals surface area contributed by atoms with Crippen molar-refractivity contribution in [3.8, 4) is 5.75 Å². The van der Waals surface area contributed by atoms with E-state index in [0.717, 1.165) is 36.2 Å². The molecule has 0 unspecified atom stereocenters. The Bertz CT molecular complexity index is 849. The number of methoxy groups -OCH3 is 1. The van der Waals surface area contributed by atoms with Gasteiger partial charge in [-0.1, -0.05) is 30.7 Å². The van der Waals surface area contributed by atoms with Crippen LogP contribution in [0.15, 0.2) is 48.5 Å². The first-order chi connectivity index (χ1) is 13.2. The number of thioether (sulfide) groups is 1. The Morgan fingerprint density at radius 2 is 1.89 bits per heavy atom. The van der Waals surface area contributed by atoms with Gasteiger partial charge in [-0.25, -0.2) is 0 Å². The van der Waals surface area contributed by atoms with Crippen LogP contribution >= 0.6 is 11.8 Å². The molecule has 1 heterocycles. The van der Waals surface area contributed by atoms with Crippen LogP contribution in [0.4, 0.5) is 11.4 Å². The smallest absolute Gasteiger partial charge is 0.238 e. The molecule has 2 aromatic carbocycles. The first kappa shape index (κ1) is 17.9. The van der Waals surface area contributed by atoms with E-state index in [1.54, 1.807) is 23.8 Å². The monoisotopic (exact) mass is 382 g/mol. The number of anilines is 2. The molecule has 1 saturated carbocycles. The lowest BCUT2D eigenvalue weighted by molar-refractivity contribution is -0.122. The summed E-state index contributed by atoms with van der Waals surface area (Å²) in [5.74, 6) is 1.45. The van der Waals surface area contributed by atoms with Gasteiger partial charge in [-0.05, 0) is 42.7 Å². The molecule has 5 nitrogen and oxygen atoms in total. The summed E-state index contributed by atoms with van der Waals surface area (Å²) in [5, 5.41) is 2.88. The van der Waals surface area contributed by atoms with Crippen molar-refractivity contribution in [1.82, 2.24) is 0 Å². The lowest BCUT2D eigenvalue weighted by Crippen LogP contribution is -2.28. The Morgan fingerprint density at radius 1 is 1.15 bits per heavy atom. The predicted octanol–water partition coefficient (Wildman–Crippen LogP) is 4.21. The van der Waals surface area contributed by atoms with Crippen molar-refractivity contribution < 1.29 is 14.3 Å². The Hall–Kier alpha value is -2.47. The van der Waals surface area contributed by atoms with Gasteiger partial charge in [0, 0.05) is 11.6 Å². The highest BCUT2D eigenvalue weighted by atomic mass is 32.2. The molecule has 6 heteroatoms. The minimum Gasteiger partial charge on any atom is -0.495 e. The second-order valence-corrected chi connectivity index (χ2v) is 7.91. The standard InChI is InChI=1S/C21H22N2O3S/c1-26-18-8-3-2-7-17(18)23-19(24)13-27-21(23)15-9-11-16(12-10-15)22-20(25)14-5-4-6-14/h2-3,7-12,14,21H,4-6,13H2,1H3,(H,22,25)/t21-/m1/s1. The summed E-state index contributed by atoms with van der Waals surface area (Å²) < 4.78 is 5.44. The van der Waals surface area contributed by atoms with Crippen LogP contribution in [0.25, 0.3) is 0 Å². The van der Waals surface area contributed by atoms with Crippen molar-refractivity contribution in [3.05, 3.63) is 54.1 Å². The highest BCUT2D eigenvalue weighted by Gasteiger charge is 2.35. The fourth-order valence-corrected chi connectivity index (χ4v) is 4.58. The number of rotatable bonds is 5. The predicted molar refractivity (Wildman–Crippen MR) is 108 cm³/mol. The molecule has 1 atom stereocenters. The molecule has 0 radical (unpaired) electrons. The van der Waals surface area contributed by atoms with Crippen molar-refractivity contribution in [1.29, 1.82) is 0 Å². The topological polar surface area (TPSA) is 58.6 Å². The maximum absolute atomic E-state index is 12.5. The van der Waals surface area contributed by atoms with Crippen LogP contribution < -0.4 is 15.0 Å². The van der Waals surface area contributed by atoms with Gasteiger partial charge in [0.05, 0.1) is 18.6 Å². The third-order valence-electron chi connectivity index (χ3n) is 5.15. The van der Waals surface area contributed by atoms with Gasteiger partial charge in [-0.15, -0.1) is 11.8 Å². The number of carbonyl (C=O) groups is 2. The normalized spacial score (nSPS) is 19.7. The third kappa shape index (κ3) is 3.54. The highest BCUT2D eigenvalue weighted by molar-refractivity contribution is 8.00. The second kappa shape index (κ2) is 7.64. The maximum atomic E-state index is 12.5. The Labute approximate surface area is 163 Å². The van der Waals surface area contributed by atoms with Gasteiger partial charge in [0.25, 0.3) is 0 Å². The zero-order valence-corrected chi connectivity index (χ0v) is 16.0. The molecule has 1 aliphatic carbocycles. The summed E-state index contributed by atoms with van der Waals surface area (Å²) in [6.07, 6.45) is 3.11. The van der Waals surface area contributed by atoms with Gasteiger partial charge in [0.2, 0.25) is 11.8 Å². The largest absolute Gasteiger partial charge is 0.495 e. The van der Waals surface area contributed by atoms with Crippen molar-refractivity contribution in [2.24, 2.45) is 5.92 Å². The van der Waals surface area contributed by atoms with Crippen molar-refractivity contribution >= 4 is 35.0 Å². The molecule has 4 rings (SSSR count). The summed E-state index contributed by atoms with van der Waals surface area (Å²) in [7, 11) is 1.61. The van der Waals surface area contributed by atoms with Crippen LogP contribution in [0.2, 0.25) is 0 Å². The maximum Gasteiger partial charge on any atom is 0.238 e. The third-order valence-corrected chi connectivity index (χ3v) is 6.36. The average Bonchev–Trinajstić information content (AvgIpc) is 3.02. The summed E-state index contributed by atoms with van der Waals surface area (Å²) >= 11 is 1.60. The Kier molecular flexibility index (Phi) is 5.07. The number of benzene rings is 2. The molecule has 2 amide bonds. The molecular weight excluding hydrogens is 360 g/mol. The van der Waals surface area contributed by atoms with Gasteiger partial charge in [-0.3, -0.25) is 14.5 Å². The summed E-state index contributed by atoms with van der Waals surface area (Å²) in [6, 6.07) is 15.4. The van der Waals surface area contributed by atoms with E-state index in [1.165, 1.54) is 0 Å². The van der Waals surface area contributed by atoms with Gasteiger partial charge in [-0.2, -0.15) is 0 Å². The van der Waals surface area contributed by atoms with Crippen molar-refractivity contribution in [3.63, 3.8) is 0 Å². The van der Waals surface area contributed by atoms with Crippen molar-refractivity contribution in [2.45, 2.75) is 24.6 Å². The summed E-state index contributed by atoms with van der Waals surface area (Å²) in [4.78, 5) is 26.4. The number of nitrogens with zero attached hydrogens (tertiary/aromatic N) is 1. The summed E-state index contributed by atoms with van der Waals surface area (Å²) in [6.45, 7) is 0. The SMILES string of the molecule is COc1ccccc1N1C(=O)CS[C@@H]1c1ccc(NC(=O)C2CCC2)cc1. The fraction of sp³-hybridized carbons (Fsp3) is 0.333. The molecular formula is C21H22N2O3S. The van der Waals surface area contributed by atoms with Crippen LogP contribution in [-0.4, -0.2) is 24.7 Å². The number of hydrogen-bond acceptors (Lipinski definition) is 4. The van der Waals surface area contributed by atoms with E-state index in [0.29, 0.717) is 11.5 Å². The molecule has 0 spiro atoms. The molecule has 2 aromatic rings. The first-order valence-electron chi connectivity index (χ1n) is 9.15.